The molecular weight excluding hydrogens is 398 g/mol. The van der Waals surface area contributed by atoms with Gasteiger partial charge < -0.3 is 5.32 Å². The number of nitrogens with one attached hydrogen (secondary N) is 1. The summed E-state index contributed by atoms with van der Waals surface area (Å²) < 4.78 is 1.82. The van der Waals surface area contributed by atoms with Gasteiger partial charge >= 0.3 is 0 Å². The third-order valence-corrected chi connectivity index (χ3v) is 6.27. The molecule has 0 unspecified atom stereocenters. The SMILES string of the molecule is CSc1ccccc1NC(=O)c1cc(Br)c(Br)s1. The number of carbonyl (C=O) groups excluding carboxylic acids is 1. The topological polar surface area (TPSA) is 29.1 Å². The Balaban J connectivity index is 2.21. The fraction of sp³-hybridized carbons (Fsp3) is 0.0833. The first-order chi connectivity index (χ1) is 8.61. The van der Waals surface area contributed by atoms with Crippen LogP contribution in [0.2, 0.25) is 0 Å². The zero-order valence-corrected chi connectivity index (χ0v) is 14.2. The van der Waals surface area contributed by atoms with Crippen molar-refractivity contribution >= 4 is 66.6 Å². The van der Waals surface area contributed by atoms with E-state index in [0.717, 1.165) is 18.8 Å². The van der Waals surface area contributed by atoms with Gasteiger partial charge in [-0.3, -0.25) is 4.79 Å². The predicted molar refractivity (Wildman–Crippen MR) is 85.9 cm³/mol. The molecule has 18 heavy (non-hydrogen) atoms. The summed E-state index contributed by atoms with van der Waals surface area (Å²) in [5.41, 5.74) is 0.843. The van der Waals surface area contributed by atoms with Gasteiger partial charge in [-0.25, -0.2) is 0 Å². The largest absolute Gasteiger partial charge is 0.320 e. The van der Waals surface area contributed by atoms with Crippen molar-refractivity contribution in [3.63, 3.8) is 0 Å². The van der Waals surface area contributed by atoms with E-state index in [0.29, 0.717) is 4.88 Å². The molecule has 1 N–H and O–H groups in total. The van der Waals surface area contributed by atoms with Gasteiger partial charge in [-0.15, -0.1) is 23.1 Å². The van der Waals surface area contributed by atoms with E-state index < -0.39 is 0 Å². The van der Waals surface area contributed by atoms with Crippen LogP contribution in [0.5, 0.6) is 0 Å². The van der Waals surface area contributed by atoms with Crippen LogP contribution in [0.1, 0.15) is 9.67 Å². The van der Waals surface area contributed by atoms with Crippen LogP contribution in [0.3, 0.4) is 0 Å². The van der Waals surface area contributed by atoms with E-state index in [4.69, 9.17) is 0 Å². The Morgan fingerprint density at radius 2 is 2.06 bits per heavy atom. The summed E-state index contributed by atoms with van der Waals surface area (Å²) in [6, 6.07) is 9.57. The van der Waals surface area contributed by atoms with Crippen molar-refractivity contribution in [1.29, 1.82) is 0 Å². The molecule has 1 amide bonds. The Hall–Kier alpha value is -0.300. The van der Waals surface area contributed by atoms with Crippen molar-refractivity contribution < 1.29 is 4.79 Å². The minimum absolute atomic E-state index is 0.0899. The second-order valence-electron chi connectivity index (χ2n) is 3.39. The first kappa shape index (κ1) is 14.1. The summed E-state index contributed by atoms with van der Waals surface area (Å²) in [6.07, 6.45) is 1.99. The number of para-hydroxylation sites is 1. The maximum absolute atomic E-state index is 12.1. The molecule has 0 atom stereocenters. The van der Waals surface area contributed by atoms with Gasteiger partial charge in [0.25, 0.3) is 5.91 Å². The highest BCUT2D eigenvalue weighted by Gasteiger charge is 2.13. The highest BCUT2D eigenvalue weighted by Crippen LogP contribution is 2.33. The van der Waals surface area contributed by atoms with Crippen molar-refractivity contribution in [2.75, 3.05) is 11.6 Å². The summed E-state index contributed by atoms with van der Waals surface area (Å²) in [5.74, 6) is -0.0899. The molecule has 0 fully saturated rings. The van der Waals surface area contributed by atoms with Crippen molar-refractivity contribution in [3.05, 3.63) is 43.5 Å². The average molecular weight is 407 g/mol. The number of thioether (sulfide) groups is 1. The summed E-state index contributed by atoms with van der Waals surface area (Å²) >= 11 is 9.78. The van der Waals surface area contributed by atoms with Gasteiger partial charge in [0, 0.05) is 9.37 Å². The maximum atomic E-state index is 12.1. The Morgan fingerprint density at radius 1 is 1.33 bits per heavy atom. The molecule has 1 aromatic heterocycles. The quantitative estimate of drug-likeness (QED) is 0.705. The van der Waals surface area contributed by atoms with Crippen LogP contribution in [-0.4, -0.2) is 12.2 Å². The monoisotopic (exact) mass is 405 g/mol. The van der Waals surface area contributed by atoms with Gasteiger partial charge in [-0.05, 0) is 56.3 Å². The first-order valence-corrected chi connectivity index (χ1v) is 8.63. The molecule has 0 radical (unpaired) electrons. The Morgan fingerprint density at radius 3 is 2.67 bits per heavy atom. The molecule has 94 valence electrons. The van der Waals surface area contributed by atoms with E-state index in [1.165, 1.54) is 11.3 Å². The zero-order chi connectivity index (χ0) is 13.1. The molecule has 2 nitrogen and oxygen atoms in total. The van der Waals surface area contributed by atoms with Gasteiger partial charge in [-0.2, -0.15) is 0 Å². The molecule has 0 saturated heterocycles. The molecular formula is C12H9Br2NOS2. The number of benzene rings is 1. The third kappa shape index (κ3) is 3.17. The van der Waals surface area contributed by atoms with Gasteiger partial charge in [0.05, 0.1) is 14.4 Å². The van der Waals surface area contributed by atoms with Crippen LogP contribution < -0.4 is 5.32 Å². The summed E-state index contributed by atoms with van der Waals surface area (Å²) in [5, 5.41) is 2.93. The number of anilines is 1. The zero-order valence-electron chi connectivity index (χ0n) is 9.37. The number of thiophene rings is 1. The van der Waals surface area contributed by atoms with Crippen LogP contribution in [0, 0.1) is 0 Å². The van der Waals surface area contributed by atoms with Crippen molar-refractivity contribution in [3.8, 4) is 0 Å². The minimum atomic E-state index is -0.0899. The molecule has 1 aromatic carbocycles. The maximum Gasteiger partial charge on any atom is 0.265 e. The summed E-state index contributed by atoms with van der Waals surface area (Å²) in [7, 11) is 0. The highest BCUT2D eigenvalue weighted by molar-refractivity contribution is 9.13. The lowest BCUT2D eigenvalue weighted by atomic mass is 10.3. The predicted octanol–water partition coefficient (Wildman–Crippen LogP) is 5.25. The van der Waals surface area contributed by atoms with Crippen LogP contribution in [0.25, 0.3) is 0 Å². The van der Waals surface area contributed by atoms with E-state index in [1.807, 2.05) is 36.6 Å². The fourth-order valence-electron chi connectivity index (χ4n) is 1.39. The van der Waals surface area contributed by atoms with E-state index in [2.05, 4.69) is 37.2 Å². The van der Waals surface area contributed by atoms with Crippen LogP contribution in [-0.2, 0) is 0 Å². The standard InChI is InChI=1S/C12H9Br2NOS2/c1-17-9-5-3-2-4-8(9)15-12(16)10-6-7(13)11(14)18-10/h2-6H,1H3,(H,15,16). The summed E-state index contributed by atoms with van der Waals surface area (Å²) in [6.45, 7) is 0. The van der Waals surface area contributed by atoms with Gasteiger partial charge in [0.2, 0.25) is 0 Å². The smallest absolute Gasteiger partial charge is 0.265 e. The van der Waals surface area contributed by atoms with Crippen LogP contribution in [0.4, 0.5) is 5.69 Å². The molecule has 1 heterocycles. The van der Waals surface area contributed by atoms with Gasteiger partial charge in [0.1, 0.15) is 0 Å². The van der Waals surface area contributed by atoms with E-state index in [-0.39, 0.29) is 5.91 Å². The Bertz CT molecular complexity index is 564. The van der Waals surface area contributed by atoms with Crippen molar-refractivity contribution in [2.45, 2.75) is 4.90 Å². The number of carbonyl (C=O) groups is 1. The Labute approximate surface area is 130 Å². The molecule has 0 aliphatic heterocycles. The third-order valence-electron chi connectivity index (χ3n) is 2.22. The fourth-order valence-corrected chi connectivity index (χ4v) is 3.87. The number of amides is 1. The second kappa shape index (κ2) is 6.23. The average Bonchev–Trinajstić information content (AvgIpc) is 2.70. The molecule has 2 aromatic rings. The number of halogens is 2. The molecule has 2 rings (SSSR count). The first-order valence-electron chi connectivity index (χ1n) is 5.01. The van der Waals surface area contributed by atoms with E-state index in [9.17, 15) is 4.79 Å². The highest BCUT2D eigenvalue weighted by atomic mass is 79.9. The van der Waals surface area contributed by atoms with Crippen molar-refractivity contribution in [1.82, 2.24) is 0 Å². The lowest BCUT2D eigenvalue weighted by Crippen LogP contribution is -2.10. The summed E-state index contributed by atoms with van der Waals surface area (Å²) in [4.78, 5) is 13.8. The molecule has 0 spiro atoms. The normalized spacial score (nSPS) is 10.4. The van der Waals surface area contributed by atoms with Gasteiger partial charge in [-0.1, -0.05) is 12.1 Å². The molecule has 0 saturated carbocycles. The van der Waals surface area contributed by atoms with Crippen LogP contribution in [0.15, 0.2) is 43.5 Å². The van der Waals surface area contributed by atoms with Gasteiger partial charge in [0.15, 0.2) is 0 Å². The van der Waals surface area contributed by atoms with Crippen molar-refractivity contribution in [2.24, 2.45) is 0 Å². The van der Waals surface area contributed by atoms with E-state index in [1.54, 1.807) is 11.8 Å². The lowest BCUT2D eigenvalue weighted by molar-refractivity contribution is 0.103. The molecule has 6 heteroatoms. The number of hydrogen-bond acceptors (Lipinski definition) is 3. The van der Waals surface area contributed by atoms with Crippen LogP contribution >= 0.6 is 55.0 Å². The van der Waals surface area contributed by atoms with E-state index >= 15 is 0 Å². The lowest BCUT2D eigenvalue weighted by Gasteiger charge is -2.07. The molecule has 0 aliphatic carbocycles. The minimum Gasteiger partial charge on any atom is -0.320 e. The number of hydrogen-bond donors (Lipinski definition) is 1. The Kier molecular flexibility index (Phi) is 4.89. The number of rotatable bonds is 3. The second-order valence-corrected chi connectivity index (χ2v) is 7.46. The molecule has 0 bridgehead atoms. The molecule has 0 aliphatic rings.